The monoisotopic (exact) mass is 1260 g/mol. The Morgan fingerprint density at radius 3 is 1.14 bits per heavy atom. The number of carbonyl (C=O) groups excluding carboxylic acids is 11. The Balaban J connectivity index is -0.000000330. The normalized spacial score (nSPS) is 14.5. The molecular weight excluding hydrogens is 1160 g/mol. The first-order chi connectivity index (χ1) is 38.7. The third kappa shape index (κ3) is 44.3. The van der Waals surface area contributed by atoms with Crippen LogP contribution < -0.4 is 33.2 Å². The summed E-state index contributed by atoms with van der Waals surface area (Å²) in [6.07, 6.45) is 2.77. The number of urea groups is 2. The Morgan fingerprint density at radius 2 is 0.860 bits per heavy atom. The second-order valence-electron chi connectivity index (χ2n) is 23.1. The standard InChI is InChI=1S/C17H31N3O6.C15H23NO6.C11H20O4.C6H13N3O3.C4H5NO3.CH3Cl.CH4/c1-10(2)11(9-13(21)26-17(3,4)5)14(22)20-12(15(23)24)7-6-8-19-16(18)25;1-9(2)10(8-13(19)21-15(3,4)5)14(20)22-16-11(17)6-7-12(16)18;1-7(2)8(10(13)14)6-9(12)15-11(3,4)5;7-4(5(10)11)2-1-3-9-6(8)12;6-3-1-2-4(7)5(3)8;1-2;/h10-12H,6-9H2,1-5H3,(H,20,22)(H,23,24)(H3,18,19,25);9-10H,6-8H2,1-5H3;7-8H,6H2,1-5H3,(H,13,14);4H,1-3,7H2,(H,10,11)(H3,8,9,12);8H,1-2H2;1H3;1H4/t11-,12-;10-;8-;4-;;;/m0000.../s1. The van der Waals surface area contributed by atoms with Crippen molar-refractivity contribution in [3.8, 4) is 0 Å². The lowest BCUT2D eigenvalue weighted by atomic mass is 9.91. The maximum Gasteiger partial charge on any atom is 0.337 e. The zero-order chi connectivity index (χ0) is 67.5. The van der Waals surface area contributed by atoms with Crippen LogP contribution in [0.1, 0.15) is 182 Å². The molecule has 2 aliphatic heterocycles. The van der Waals surface area contributed by atoms with Crippen LogP contribution in [0, 0.1) is 35.5 Å². The number of nitrogens with one attached hydrogen (secondary N) is 3. The fourth-order valence-corrected chi connectivity index (χ4v) is 6.61. The summed E-state index contributed by atoms with van der Waals surface area (Å²) >= 11 is 4.64. The number of carboxylic acid groups (broad SMARTS) is 3. The number of aliphatic carboxylic acids is 3. The van der Waals surface area contributed by atoms with Gasteiger partial charge >= 0.3 is 53.8 Å². The molecule has 0 aliphatic carbocycles. The molecule has 86 heavy (non-hydrogen) atoms. The molecule has 5 atom stereocenters. The van der Waals surface area contributed by atoms with Crippen LogP contribution in [0.4, 0.5) is 9.59 Å². The second kappa shape index (κ2) is 43.4. The van der Waals surface area contributed by atoms with Crippen LogP contribution in [-0.4, -0.2) is 162 Å². The summed E-state index contributed by atoms with van der Waals surface area (Å²) in [5.41, 5.74) is 13.0. The van der Waals surface area contributed by atoms with E-state index in [9.17, 15) is 72.2 Å². The highest BCUT2D eigenvalue weighted by molar-refractivity contribution is 6.15. The van der Waals surface area contributed by atoms with Crippen molar-refractivity contribution in [2.45, 2.75) is 211 Å². The molecular formula is C55H99ClN8O22. The van der Waals surface area contributed by atoms with Crippen LogP contribution in [0.15, 0.2) is 0 Å². The molecule has 0 spiro atoms. The van der Waals surface area contributed by atoms with E-state index in [1.54, 1.807) is 104 Å². The van der Waals surface area contributed by atoms with Gasteiger partial charge < -0.3 is 67.5 Å². The predicted molar refractivity (Wildman–Crippen MR) is 311 cm³/mol. The number of nitrogens with zero attached hydrogens (tertiary/aromatic N) is 2. The van der Waals surface area contributed by atoms with Gasteiger partial charge in [0, 0.05) is 45.2 Å². The van der Waals surface area contributed by atoms with Gasteiger partial charge in [-0.3, -0.25) is 53.2 Å². The molecule has 0 aromatic rings. The Kier molecular flexibility index (Phi) is 44.2. The van der Waals surface area contributed by atoms with Gasteiger partial charge in [-0.25, -0.2) is 19.2 Å². The highest BCUT2D eigenvalue weighted by Crippen LogP contribution is 2.24. The quantitative estimate of drug-likeness (QED) is 0.0158. The van der Waals surface area contributed by atoms with Gasteiger partial charge in [0.2, 0.25) is 5.91 Å². The molecule has 31 heteroatoms. The van der Waals surface area contributed by atoms with Crippen molar-refractivity contribution < 1.29 is 107 Å². The van der Waals surface area contributed by atoms with E-state index in [-0.39, 0.29) is 88.2 Å². The lowest BCUT2D eigenvalue weighted by Crippen LogP contribution is -2.46. The maximum absolute atomic E-state index is 12.5. The summed E-state index contributed by atoms with van der Waals surface area (Å²) in [4.78, 5) is 161. The van der Waals surface area contributed by atoms with Crippen molar-refractivity contribution in [3.05, 3.63) is 0 Å². The van der Waals surface area contributed by atoms with Crippen LogP contribution in [0.3, 0.4) is 0 Å². The first-order valence-corrected chi connectivity index (χ1v) is 27.9. The fourth-order valence-electron chi connectivity index (χ4n) is 6.61. The highest BCUT2D eigenvalue weighted by atomic mass is 35.5. The van der Waals surface area contributed by atoms with Crippen LogP contribution >= 0.6 is 11.6 Å². The summed E-state index contributed by atoms with van der Waals surface area (Å²) in [5, 5.41) is 42.7. The Hall–Kier alpha value is -7.21. The number of hydrogen-bond acceptors (Lipinski definition) is 20. The van der Waals surface area contributed by atoms with Gasteiger partial charge in [-0.2, -0.15) is 5.06 Å². The lowest BCUT2D eigenvalue weighted by Gasteiger charge is -2.25. The number of esters is 3. The van der Waals surface area contributed by atoms with Crippen LogP contribution in [-0.2, 0) is 76.6 Å². The zero-order valence-electron chi connectivity index (χ0n) is 52.0. The van der Waals surface area contributed by atoms with Crippen molar-refractivity contribution in [1.29, 1.82) is 0 Å². The van der Waals surface area contributed by atoms with Crippen LogP contribution in [0.25, 0.3) is 0 Å². The largest absolute Gasteiger partial charge is 0.481 e. The van der Waals surface area contributed by atoms with E-state index < -0.39 is 130 Å². The molecule has 0 bridgehead atoms. The van der Waals surface area contributed by atoms with Gasteiger partial charge in [0.15, 0.2) is 0 Å². The van der Waals surface area contributed by atoms with Crippen LogP contribution in [0.5, 0.6) is 0 Å². The number of hydrogen-bond donors (Lipinski definition) is 10. The minimum absolute atomic E-state index is 0. The first kappa shape index (κ1) is 87.6. The van der Waals surface area contributed by atoms with E-state index in [0.29, 0.717) is 30.9 Å². The molecule has 498 valence electrons. The maximum atomic E-state index is 12.5. The van der Waals surface area contributed by atoms with E-state index in [1.807, 2.05) is 0 Å². The third-order valence-electron chi connectivity index (χ3n) is 10.9. The van der Waals surface area contributed by atoms with Crippen molar-refractivity contribution in [1.82, 2.24) is 26.1 Å². The molecule has 2 rings (SSSR count). The van der Waals surface area contributed by atoms with Gasteiger partial charge in [0.25, 0.3) is 23.6 Å². The fraction of sp³-hybridized carbons (Fsp3) is 0.745. The molecule has 30 nitrogen and oxygen atoms in total. The molecule has 0 radical (unpaired) electrons. The molecule has 0 aromatic heterocycles. The molecule has 9 amide bonds. The average Bonchev–Trinajstić information content (AvgIpc) is 3.83. The molecule has 2 fully saturated rings. The number of carboxylic acids is 3. The SMILES string of the molecule is C.CC(C)[C@H](CC(=O)OC(C)(C)C)C(=O)N[C@@H](CCCNC(N)=O)C(=O)O.CC(C)[C@H](CC(=O)OC(C)(C)C)C(=O)O.CC(C)[C@H](CC(=O)OC(C)(C)C)C(=O)ON1C(=O)CCC1=O.CCl.NC(=O)NCCC[C@H](N)C(=O)O.O=C1CCC(=O)N1O. The van der Waals surface area contributed by atoms with E-state index >= 15 is 0 Å². The summed E-state index contributed by atoms with van der Waals surface area (Å²) in [7, 11) is 0. The predicted octanol–water partition coefficient (Wildman–Crippen LogP) is 4.54. The van der Waals surface area contributed by atoms with E-state index in [0.717, 1.165) is 0 Å². The summed E-state index contributed by atoms with van der Waals surface area (Å²) in [6, 6.07) is -3.28. The number of rotatable bonds is 24. The molecule has 0 saturated carbocycles. The minimum atomic E-state index is -1.18. The van der Waals surface area contributed by atoms with Gasteiger partial charge in [-0.05, 0) is 106 Å². The number of carbonyl (C=O) groups is 14. The number of halogens is 1. The summed E-state index contributed by atoms with van der Waals surface area (Å²) in [5.74, 6) is -10.6. The van der Waals surface area contributed by atoms with Gasteiger partial charge in [0.05, 0.1) is 37.0 Å². The first-order valence-electron chi connectivity index (χ1n) is 27.2. The molecule has 2 heterocycles. The number of hydroxylamine groups is 4. The van der Waals surface area contributed by atoms with E-state index in [1.165, 1.54) is 6.38 Å². The van der Waals surface area contributed by atoms with Crippen molar-refractivity contribution >= 4 is 95.0 Å². The highest BCUT2D eigenvalue weighted by Gasteiger charge is 2.37. The molecule has 0 aromatic carbocycles. The smallest absolute Gasteiger partial charge is 0.337 e. The van der Waals surface area contributed by atoms with Gasteiger partial charge in [0.1, 0.15) is 28.9 Å². The minimum Gasteiger partial charge on any atom is -0.481 e. The molecule has 2 aliphatic rings. The van der Waals surface area contributed by atoms with Crippen molar-refractivity contribution in [3.63, 3.8) is 0 Å². The molecule has 13 N–H and O–H groups in total. The average molecular weight is 1260 g/mol. The number of alkyl halides is 1. The summed E-state index contributed by atoms with van der Waals surface area (Å²) < 4.78 is 15.5. The van der Waals surface area contributed by atoms with E-state index in [2.05, 4.69) is 27.6 Å². The topological polar surface area (TPSA) is 477 Å². The third-order valence-corrected chi connectivity index (χ3v) is 10.9. The number of ether oxygens (including phenoxy) is 3. The Morgan fingerprint density at radius 1 is 0.535 bits per heavy atom. The Bertz CT molecular complexity index is 2190. The summed E-state index contributed by atoms with van der Waals surface area (Å²) in [6.45, 7) is 26.9. The van der Waals surface area contributed by atoms with Gasteiger partial charge in [-0.15, -0.1) is 16.7 Å². The zero-order valence-corrected chi connectivity index (χ0v) is 52.7. The Labute approximate surface area is 509 Å². The van der Waals surface area contributed by atoms with Crippen molar-refractivity contribution in [2.24, 2.45) is 52.7 Å². The second-order valence-corrected chi connectivity index (χ2v) is 23.1. The molecule has 2 saturated heterocycles. The van der Waals surface area contributed by atoms with Crippen molar-refractivity contribution in [2.75, 3.05) is 19.5 Å². The van der Waals surface area contributed by atoms with Gasteiger partial charge in [-0.1, -0.05) is 49.0 Å². The number of imide groups is 2. The lowest BCUT2D eigenvalue weighted by molar-refractivity contribution is -0.202. The molecule has 0 unspecified atom stereocenters. The number of nitrogens with two attached hydrogens (primary N) is 3. The number of primary amides is 2. The van der Waals surface area contributed by atoms with E-state index in [4.69, 9.17) is 51.7 Å². The van der Waals surface area contributed by atoms with Crippen LogP contribution in [0.2, 0.25) is 0 Å². The number of amides is 9.